The lowest BCUT2D eigenvalue weighted by atomic mass is 10.1. The third-order valence-corrected chi connectivity index (χ3v) is 2.76. The van der Waals surface area contributed by atoms with Gasteiger partial charge < -0.3 is 14.4 Å². The maximum atomic E-state index is 13.2. The predicted molar refractivity (Wildman–Crippen MR) is 69.8 cm³/mol. The van der Waals surface area contributed by atoms with E-state index in [9.17, 15) is 9.50 Å². The third kappa shape index (κ3) is 3.33. The van der Waals surface area contributed by atoms with Crippen LogP contribution in [0.25, 0.3) is 0 Å². The van der Waals surface area contributed by atoms with E-state index in [1.165, 1.54) is 18.2 Å². The number of hydrogen-bond acceptors (Lipinski definition) is 5. The van der Waals surface area contributed by atoms with Crippen LogP contribution in [-0.4, -0.2) is 15.2 Å². The fourth-order valence-corrected chi connectivity index (χ4v) is 1.68. The Morgan fingerprint density at radius 1 is 1.35 bits per heavy atom. The van der Waals surface area contributed by atoms with Gasteiger partial charge in [0.25, 0.3) is 0 Å². The molecule has 0 spiro atoms. The largest absolute Gasteiger partial charge is 0.485 e. The monoisotopic (exact) mass is 280 g/mol. The van der Waals surface area contributed by atoms with Crippen LogP contribution in [0.4, 0.5) is 4.39 Å². The molecule has 0 bridgehead atoms. The van der Waals surface area contributed by atoms with Crippen molar-refractivity contribution in [2.75, 3.05) is 0 Å². The van der Waals surface area contributed by atoms with Gasteiger partial charge in [-0.25, -0.2) is 4.39 Å². The smallest absolute Gasteiger partial charge is 0.229 e. The molecule has 0 radical (unpaired) electrons. The van der Waals surface area contributed by atoms with Gasteiger partial charge in [-0.3, -0.25) is 0 Å². The quantitative estimate of drug-likeness (QED) is 0.912. The zero-order valence-corrected chi connectivity index (χ0v) is 11.6. The van der Waals surface area contributed by atoms with Crippen LogP contribution in [0.2, 0.25) is 0 Å². The molecule has 108 valence electrons. The van der Waals surface area contributed by atoms with Gasteiger partial charge in [-0.05, 0) is 19.1 Å². The summed E-state index contributed by atoms with van der Waals surface area (Å²) in [6, 6.07) is 4.00. The first-order valence-corrected chi connectivity index (χ1v) is 6.40. The van der Waals surface area contributed by atoms with Gasteiger partial charge in [0, 0.05) is 17.5 Å². The molecule has 0 aliphatic rings. The molecule has 2 rings (SSSR count). The maximum absolute atomic E-state index is 13.2. The molecule has 1 N–H and O–H groups in total. The molecule has 1 heterocycles. The average Bonchev–Trinajstić information content (AvgIpc) is 2.85. The van der Waals surface area contributed by atoms with Crippen LogP contribution < -0.4 is 4.74 Å². The van der Waals surface area contributed by atoms with Gasteiger partial charge in [0.15, 0.2) is 6.61 Å². The zero-order chi connectivity index (χ0) is 14.7. The van der Waals surface area contributed by atoms with E-state index in [0.29, 0.717) is 17.3 Å². The summed E-state index contributed by atoms with van der Waals surface area (Å²) in [4.78, 5) is 4.16. The van der Waals surface area contributed by atoms with E-state index in [-0.39, 0.29) is 18.3 Å². The summed E-state index contributed by atoms with van der Waals surface area (Å²) in [7, 11) is 0. The molecule has 0 saturated heterocycles. The molecule has 2 aromatic rings. The number of ether oxygens (including phenoxy) is 1. The SMILES string of the molecule is CC(C)c1nc(COc2cc(F)ccc2[C@H](C)O)no1. The van der Waals surface area contributed by atoms with Gasteiger partial charge in [0.1, 0.15) is 11.6 Å². The number of aromatic nitrogens is 2. The normalized spacial score (nSPS) is 12.7. The topological polar surface area (TPSA) is 68.4 Å². The van der Waals surface area contributed by atoms with E-state index in [1.807, 2.05) is 13.8 Å². The van der Waals surface area contributed by atoms with Crippen LogP contribution >= 0.6 is 0 Å². The highest BCUT2D eigenvalue weighted by Crippen LogP contribution is 2.26. The zero-order valence-electron chi connectivity index (χ0n) is 11.6. The fourth-order valence-electron chi connectivity index (χ4n) is 1.68. The molecule has 0 unspecified atom stereocenters. The highest BCUT2D eigenvalue weighted by atomic mass is 19.1. The van der Waals surface area contributed by atoms with Crippen molar-refractivity contribution in [1.29, 1.82) is 0 Å². The minimum absolute atomic E-state index is 0.0550. The Kier molecular flexibility index (Phi) is 4.34. The van der Waals surface area contributed by atoms with E-state index in [1.54, 1.807) is 6.92 Å². The molecular formula is C14H17FN2O3. The lowest BCUT2D eigenvalue weighted by molar-refractivity contribution is 0.189. The van der Waals surface area contributed by atoms with Crippen LogP contribution in [-0.2, 0) is 6.61 Å². The first-order valence-electron chi connectivity index (χ1n) is 6.40. The summed E-state index contributed by atoms with van der Waals surface area (Å²) in [6.07, 6.45) is -0.748. The summed E-state index contributed by atoms with van der Waals surface area (Å²) in [5.74, 6) is 0.891. The van der Waals surface area contributed by atoms with E-state index in [0.717, 1.165) is 0 Å². The minimum Gasteiger partial charge on any atom is -0.485 e. The molecular weight excluding hydrogens is 263 g/mol. The van der Waals surface area contributed by atoms with Crippen molar-refractivity contribution < 1.29 is 18.8 Å². The molecule has 6 heteroatoms. The van der Waals surface area contributed by atoms with E-state index in [4.69, 9.17) is 9.26 Å². The Morgan fingerprint density at radius 2 is 2.10 bits per heavy atom. The molecule has 0 fully saturated rings. The first-order chi connectivity index (χ1) is 9.47. The van der Waals surface area contributed by atoms with E-state index < -0.39 is 11.9 Å². The number of nitrogens with zero attached hydrogens (tertiary/aromatic N) is 2. The lowest BCUT2D eigenvalue weighted by Gasteiger charge is -2.12. The first kappa shape index (κ1) is 14.5. The Labute approximate surface area is 116 Å². The molecule has 0 amide bonds. The molecule has 0 aliphatic carbocycles. The number of hydrogen-bond donors (Lipinski definition) is 1. The van der Waals surface area contributed by atoms with Gasteiger partial charge in [-0.2, -0.15) is 4.98 Å². The van der Waals surface area contributed by atoms with Crippen LogP contribution in [0.15, 0.2) is 22.7 Å². The van der Waals surface area contributed by atoms with Gasteiger partial charge in [-0.1, -0.05) is 19.0 Å². The van der Waals surface area contributed by atoms with Crippen molar-refractivity contribution in [3.05, 3.63) is 41.3 Å². The second-order valence-corrected chi connectivity index (χ2v) is 4.85. The molecule has 0 saturated carbocycles. The average molecular weight is 280 g/mol. The number of rotatable bonds is 5. The summed E-state index contributed by atoms with van der Waals surface area (Å²) in [5, 5.41) is 13.4. The summed E-state index contributed by atoms with van der Waals surface area (Å²) >= 11 is 0. The standard InChI is InChI=1S/C14H17FN2O3/c1-8(2)14-16-13(17-20-14)7-19-12-6-10(15)4-5-11(12)9(3)18/h4-6,8-9,18H,7H2,1-3H3/t9-/m0/s1. The van der Waals surface area contributed by atoms with Crippen molar-refractivity contribution in [3.8, 4) is 5.75 Å². The lowest BCUT2D eigenvalue weighted by Crippen LogP contribution is -2.03. The number of aliphatic hydroxyl groups is 1. The fraction of sp³-hybridized carbons (Fsp3) is 0.429. The highest BCUT2D eigenvalue weighted by molar-refractivity contribution is 5.35. The van der Waals surface area contributed by atoms with E-state index in [2.05, 4.69) is 10.1 Å². The Hall–Kier alpha value is -1.95. The number of benzene rings is 1. The number of aliphatic hydroxyl groups excluding tert-OH is 1. The van der Waals surface area contributed by atoms with Gasteiger partial charge in [0.05, 0.1) is 6.10 Å². The molecule has 20 heavy (non-hydrogen) atoms. The van der Waals surface area contributed by atoms with E-state index >= 15 is 0 Å². The molecule has 1 aromatic heterocycles. The Balaban J connectivity index is 2.11. The summed E-state index contributed by atoms with van der Waals surface area (Å²) < 4.78 is 23.8. The maximum Gasteiger partial charge on any atom is 0.229 e. The molecule has 1 aromatic carbocycles. The van der Waals surface area contributed by atoms with Crippen molar-refractivity contribution in [3.63, 3.8) is 0 Å². The van der Waals surface area contributed by atoms with Crippen molar-refractivity contribution in [1.82, 2.24) is 10.1 Å². The molecule has 1 atom stereocenters. The second kappa shape index (κ2) is 6.00. The van der Waals surface area contributed by atoms with Crippen LogP contribution in [0.5, 0.6) is 5.75 Å². The highest BCUT2D eigenvalue weighted by Gasteiger charge is 2.13. The van der Waals surface area contributed by atoms with Crippen molar-refractivity contribution in [2.24, 2.45) is 0 Å². The van der Waals surface area contributed by atoms with Gasteiger partial charge in [-0.15, -0.1) is 0 Å². The Morgan fingerprint density at radius 3 is 2.70 bits per heavy atom. The van der Waals surface area contributed by atoms with Gasteiger partial charge >= 0.3 is 0 Å². The van der Waals surface area contributed by atoms with Crippen molar-refractivity contribution in [2.45, 2.75) is 39.4 Å². The Bertz CT molecular complexity index is 582. The molecule has 0 aliphatic heterocycles. The molecule has 5 nitrogen and oxygen atoms in total. The van der Waals surface area contributed by atoms with Crippen LogP contribution in [0.1, 0.15) is 50.1 Å². The van der Waals surface area contributed by atoms with Crippen LogP contribution in [0, 0.1) is 5.82 Å². The number of halogens is 1. The minimum atomic E-state index is -0.748. The second-order valence-electron chi connectivity index (χ2n) is 4.85. The predicted octanol–water partition coefficient (Wildman–Crippen LogP) is 2.96. The van der Waals surface area contributed by atoms with Crippen molar-refractivity contribution >= 4 is 0 Å². The summed E-state index contributed by atoms with van der Waals surface area (Å²) in [5.41, 5.74) is 0.513. The third-order valence-electron chi connectivity index (χ3n) is 2.76. The van der Waals surface area contributed by atoms with Gasteiger partial charge in [0.2, 0.25) is 11.7 Å². The summed E-state index contributed by atoms with van der Waals surface area (Å²) in [6.45, 7) is 5.53. The van der Waals surface area contributed by atoms with Crippen LogP contribution in [0.3, 0.4) is 0 Å².